The van der Waals surface area contributed by atoms with Crippen molar-refractivity contribution in [2.45, 2.75) is 24.7 Å². The summed E-state index contributed by atoms with van der Waals surface area (Å²) in [5.41, 5.74) is 1.34. The molecule has 0 spiro atoms. The van der Waals surface area contributed by atoms with Gasteiger partial charge in [0.1, 0.15) is 16.4 Å². The Hall–Kier alpha value is -2.58. The average Bonchev–Trinajstić information content (AvgIpc) is 2.67. The minimum absolute atomic E-state index is 0.000471. The number of nitrogens with one attached hydrogen (secondary N) is 1. The molecule has 0 saturated carbocycles. The monoisotopic (exact) mass is 406 g/mol. The van der Waals surface area contributed by atoms with Crippen molar-refractivity contribution in [3.63, 3.8) is 0 Å². The highest BCUT2D eigenvalue weighted by atomic mass is 32.2. The van der Waals surface area contributed by atoms with Gasteiger partial charge in [0.2, 0.25) is 15.9 Å². The lowest BCUT2D eigenvalue weighted by Gasteiger charge is -2.16. The molecule has 8 heteroatoms. The molecule has 0 fully saturated rings. The fourth-order valence-corrected chi connectivity index (χ4v) is 3.71. The van der Waals surface area contributed by atoms with Crippen molar-refractivity contribution in [2.24, 2.45) is 0 Å². The summed E-state index contributed by atoms with van der Waals surface area (Å²) in [7, 11) is 0.577. The highest BCUT2D eigenvalue weighted by Crippen LogP contribution is 2.29. The third-order valence-electron chi connectivity index (χ3n) is 4.10. The standard InChI is InChI=1S/C20H26N2O5S/c1-5-27-17-9-7-6-8-15(17)10-13-20(23)21-16-11-12-18(26-4)19(14-16)28(24,25)22(2)3/h6-9,11-12,14H,5,10,13H2,1-4H3,(H,21,23). The Bertz CT molecular complexity index is 926. The first-order valence-electron chi connectivity index (χ1n) is 8.90. The Morgan fingerprint density at radius 3 is 2.46 bits per heavy atom. The number of anilines is 1. The van der Waals surface area contributed by atoms with Gasteiger partial charge in [-0.15, -0.1) is 0 Å². The maximum atomic E-state index is 12.5. The smallest absolute Gasteiger partial charge is 0.246 e. The van der Waals surface area contributed by atoms with Gasteiger partial charge in [-0.05, 0) is 43.2 Å². The number of nitrogens with zero attached hydrogens (tertiary/aromatic N) is 1. The van der Waals surface area contributed by atoms with Crippen LogP contribution >= 0.6 is 0 Å². The lowest BCUT2D eigenvalue weighted by atomic mass is 10.1. The topological polar surface area (TPSA) is 84.9 Å². The van der Waals surface area contributed by atoms with Gasteiger partial charge in [-0.1, -0.05) is 18.2 Å². The molecule has 7 nitrogen and oxygen atoms in total. The van der Waals surface area contributed by atoms with E-state index < -0.39 is 10.0 Å². The van der Waals surface area contributed by atoms with Crippen LogP contribution in [0.25, 0.3) is 0 Å². The summed E-state index contributed by atoms with van der Waals surface area (Å²) < 4.78 is 36.8. The minimum atomic E-state index is -3.70. The van der Waals surface area contributed by atoms with Gasteiger partial charge < -0.3 is 14.8 Å². The van der Waals surface area contributed by atoms with Gasteiger partial charge in [-0.3, -0.25) is 4.79 Å². The van der Waals surface area contributed by atoms with Crippen molar-refractivity contribution < 1.29 is 22.7 Å². The lowest BCUT2D eigenvalue weighted by molar-refractivity contribution is -0.116. The minimum Gasteiger partial charge on any atom is -0.495 e. The van der Waals surface area contributed by atoms with E-state index in [9.17, 15) is 13.2 Å². The molecule has 0 heterocycles. The van der Waals surface area contributed by atoms with E-state index in [2.05, 4.69) is 5.32 Å². The molecule has 1 N–H and O–H groups in total. The molecule has 0 bridgehead atoms. The predicted octanol–water partition coefficient (Wildman–Crippen LogP) is 2.92. The Balaban J connectivity index is 2.12. The zero-order valence-electron chi connectivity index (χ0n) is 16.6. The van der Waals surface area contributed by atoms with Gasteiger partial charge in [0.15, 0.2) is 0 Å². The third kappa shape index (κ3) is 5.24. The van der Waals surface area contributed by atoms with Gasteiger partial charge in [-0.25, -0.2) is 12.7 Å². The molecule has 28 heavy (non-hydrogen) atoms. The molecule has 0 aliphatic heterocycles. The number of rotatable bonds is 9. The van der Waals surface area contributed by atoms with E-state index in [4.69, 9.17) is 9.47 Å². The number of hydrogen-bond donors (Lipinski definition) is 1. The summed E-state index contributed by atoms with van der Waals surface area (Å²) >= 11 is 0. The summed E-state index contributed by atoms with van der Waals surface area (Å²) in [4.78, 5) is 12.4. The van der Waals surface area contributed by atoms with Gasteiger partial charge >= 0.3 is 0 Å². The van der Waals surface area contributed by atoms with Gasteiger partial charge in [-0.2, -0.15) is 0 Å². The highest BCUT2D eigenvalue weighted by molar-refractivity contribution is 7.89. The van der Waals surface area contributed by atoms with E-state index in [-0.39, 0.29) is 23.0 Å². The van der Waals surface area contributed by atoms with Crippen molar-refractivity contribution in [1.82, 2.24) is 4.31 Å². The third-order valence-corrected chi connectivity index (χ3v) is 5.94. The lowest BCUT2D eigenvalue weighted by Crippen LogP contribution is -2.23. The van der Waals surface area contributed by atoms with Crippen LogP contribution in [0.3, 0.4) is 0 Å². The quantitative estimate of drug-likeness (QED) is 0.692. The van der Waals surface area contributed by atoms with Crippen molar-refractivity contribution in [3.05, 3.63) is 48.0 Å². The van der Waals surface area contributed by atoms with E-state index in [1.165, 1.54) is 33.3 Å². The predicted molar refractivity (Wildman–Crippen MR) is 108 cm³/mol. The van der Waals surface area contributed by atoms with Gasteiger partial charge in [0, 0.05) is 26.2 Å². The Labute approximate surface area is 166 Å². The molecule has 0 aliphatic rings. The molecule has 0 radical (unpaired) electrons. The SMILES string of the molecule is CCOc1ccccc1CCC(=O)Nc1ccc(OC)c(S(=O)(=O)N(C)C)c1. The van der Waals surface area contributed by atoms with Crippen LogP contribution in [0.15, 0.2) is 47.4 Å². The van der Waals surface area contributed by atoms with Gasteiger partial charge in [0.25, 0.3) is 0 Å². The summed E-state index contributed by atoms with van der Waals surface area (Å²) in [6.45, 7) is 2.46. The largest absolute Gasteiger partial charge is 0.495 e. The molecular formula is C20H26N2O5S. The molecule has 152 valence electrons. The number of para-hydroxylation sites is 1. The van der Waals surface area contributed by atoms with Crippen LogP contribution in [0.1, 0.15) is 18.9 Å². The number of aryl methyl sites for hydroxylation is 1. The number of benzene rings is 2. The van der Waals surface area contributed by atoms with Crippen LogP contribution < -0.4 is 14.8 Å². The maximum Gasteiger partial charge on any atom is 0.246 e. The van der Waals surface area contributed by atoms with Crippen molar-refractivity contribution in [1.29, 1.82) is 0 Å². The molecule has 1 amide bonds. The molecule has 0 atom stereocenters. The first kappa shape index (κ1) is 21.7. The molecular weight excluding hydrogens is 380 g/mol. The Morgan fingerprint density at radius 2 is 1.82 bits per heavy atom. The van der Waals surface area contributed by atoms with Crippen molar-refractivity contribution >= 4 is 21.6 Å². The summed E-state index contributed by atoms with van der Waals surface area (Å²) in [5.74, 6) is 0.767. The molecule has 2 rings (SSSR count). The number of methoxy groups -OCH3 is 1. The fourth-order valence-electron chi connectivity index (χ4n) is 2.63. The van der Waals surface area contributed by atoms with Crippen molar-refractivity contribution in [2.75, 3.05) is 33.1 Å². The summed E-state index contributed by atoms with van der Waals surface area (Å²) in [5, 5.41) is 2.75. The van der Waals surface area contributed by atoms with E-state index in [0.717, 1.165) is 15.6 Å². The van der Waals surface area contributed by atoms with E-state index >= 15 is 0 Å². The highest BCUT2D eigenvalue weighted by Gasteiger charge is 2.23. The number of amides is 1. The number of sulfonamides is 1. The van der Waals surface area contributed by atoms with E-state index in [1.807, 2.05) is 31.2 Å². The molecule has 0 saturated heterocycles. The van der Waals surface area contributed by atoms with Crippen LogP contribution in [0.5, 0.6) is 11.5 Å². The van der Waals surface area contributed by atoms with Crippen molar-refractivity contribution in [3.8, 4) is 11.5 Å². The first-order chi connectivity index (χ1) is 13.3. The van der Waals surface area contributed by atoms with Crippen LogP contribution in [0.4, 0.5) is 5.69 Å². The molecule has 0 aromatic heterocycles. The van der Waals surface area contributed by atoms with Crippen LogP contribution in [-0.2, 0) is 21.2 Å². The molecule has 0 aliphatic carbocycles. The Morgan fingerprint density at radius 1 is 1.11 bits per heavy atom. The summed E-state index contributed by atoms with van der Waals surface area (Å²) in [6.07, 6.45) is 0.757. The maximum absolute atomic E-state index is 12.5. The normalized spacial score (nSPS) is 11.3. The number of ether oxygens (including phenoxy) is 2. The van der Waals surface area contributed by atoms with Crippen LogP contribution in [0.2, 0.25) is 0 Å². The Kier molecular flexibility index (Phi) is 7.42. The second-order valence-electron chi connectivity index (χ2n) is 6.24. The average molecular weight is 407 g/mol. The van der Waals surface area contributed by atoms with Crippen LogP contribution in [-0.4, -0.2) is 46.4 Å². The molecule has 2 aromatic carbocycles. The van der Waals surface area contributed by atoms with E-state index in [0.29, 0.717) is 18.7 Å². The second kappa shape index (κ2) is 9.57. The number of carbonyl (C=O) groups is 1. The fraction of sp³-hybridized carbons (Fsp3) is 0.350. The number of carbonyl (C=O) groups excluding carboxylic acids is 1. The summed E-state index contributed by atoms with van der Waals surface area (Å²) in [6, 6.07) is 12.1. The zero-order valence-corrected chi connectivity index (χ0v) is 17.4. The van der Waals surface area contributed by atoms with E-state index in [1.54, 1.807) is 6.07 Å². The van der Waals surface area contributed by atoms with Crippen LogP contribution in [0, 0.1) is 0 Å². The van der Waals surface area contributed by atoms with Gasteiger partial charge in [0.05, 0.1) is 13.7 Å². The number of hydrogen-bond acceptors (Lipinski definition) is 5. The second-order valence-corrected chi connectivity index (χ2v) is 8.36. The molecule has 2 aromatic rings. The zero-order chi connectivity index (χ0) is 20.7. The first-order valence-corrected chi connectivity index (χ1v) is 10.3. The molecule has 0 unspecified atom stereocenters.